The van der Waals surface area contributed by atoms with Gasteiger partial charge in [0.2, 0.25) is 0 Å². The smallest absolute Gasteiger partial charge is 0.133 e. The van der Waals surface area contributed by atoms with Crippen LogP contribution in [0.15, 0.2) is 42.6 Å². The van der Waals surface area contributed by atoms with Crippen LogP contribution >= 0.6 is 11.6 Å². The van der Waals surface area contributed by atoms with Gasteiger partial charge in [-0.2, -0.15) is 0 Å². The highest BCUT2D eigenvalue weighted by Crippen LogP contribution is 2.36. The molecule has 3 rings (SSSR count). The normalized spacial score (nSPS) is 20.9. The van der Waals surface area contributed by atoms with Gasteiger partial charge in [-0.25, -0.2) is 4.98 Å². The van der Waals surface area contributed by atoms with E-state index < -0.39 is 0 Å². The number of hydrogen-bond donors (Lipinski definition) is 2. The summed E-state index contributed by atoms with van der Waals surface area (Å²) in [7, 11) is 0. The summed E-state index contributed by atoms with van der Waals surface area (Å²) in [5.74, 6) is 0. The topological polar surface area (TPSA) is 45.1 Å². The zero-order chi connectivity index (χ0) is 14.0. The molecule has 2 aromatic rings. The summed E-state index contributed by atoms with van der Waals surface area (Å²) < 4.78 is 0. The van der Waals surface area contributed by atoms with Crippen LogP contribution in [0.25, 0.3) is 0 Å². The van der Waals surface area contributed by atoms with Gasteiger partial charge >= 0.3 is 0 Å². The van der Waals surface area contributed by atoms with Gasteiger partial charge in [-0.15, -0.1) is 0 Å². The Morgan fingerprint density at radius 2 is 2.10 bits per heavy atom. The van der Waals surface area contributed by atoms with Crippen LogP contribution in [0.5, 0.6) is 0 Å². The van der Waals surface area contributed by atoms with Crippen molar-refractivity contribution >= 4 is 11.6 Å². The highest BCUT2D eigenvalue weighted by molar-refractivity contribution is 6.30. The van der Waals surface area contributed by atoms with Crippen LogP contribution in [0.2, 0.25) is 5.15 Å². The third-order valence-corrected chi connectivity index (χ3v) is 4.42. The SMILES string of the molecule is OCC1(NCc2cccnc2Cl)CCc2ccccc21. The van der Waals surface area contributed by atoms with E-state index in [1.807, 2.05) is 24.3 Å². The number of hydrogen-bond acceptors (Lipinski definition) is 3. The lowest BCUT2D eigenvalue weighted by Crippen LogP contribution is -2.43. The summed E-state index contributed by atoms with van der Waals surface area (Å²) in [5.41, 5.74) is 3.09. The molecular weight excluding hydrogens is 272 g/mol. The molecule has 0 fully saturated rings. The predicted molar refractivity (Wildman–Crippen MR) is 79.6 cm³/mol. The molecule has 0 aliphatic heterocycles. The molecule has 104 valence electrons. The van der Waals surface area contributed by atoms with Gasteiger partial charge in [0.25, 0.3) is 0 Å². The van der Waals surface area contributed by atoms with Gasteiger partial charge in [-0.05, 0) is 30.0 Å². The van der Waals surface area contributed by atoms with Crippen molar-refractivity contribution in [1.82, 2.24) is 10.3 Å². The van der Waals surface area contributed by atoms with E-state index in [4.69, 9.17) is 11.6 Å². The average molecular weight is 289 g/mol. The lowest BCUT2D eigenvalue weighted by Gasteiger charge is -2.30. The molecule has 0 bridgehead atoms. The summed E-state index contributed by atoms with van der Waals surface area (Å²) in [6.45, 7) is 0.684. The number of aromatic nitrogens is 1. The Bertz CT molecular complexity index is 617. The molecule has 1 heterocycles. The van der Waals surface area contributed by atoms with E-state index in [-0.39, 0.29) is 12.1 Å². The standard InChI is InChI=1S/C16H17ClN2O/c17-15-13(5-3-9-18-15)10-19-16(11-20)8-7-12-4-1-2-6-14(12)16/h1-6,9,19-20H,7-8,10-11H2. The second kappa shape index (κ2) is 5.52. The second-order valence-electron chi connectivity index (χ2n) is 5.20. The van der Waals surface area contributed by atoms with Gasteiger partial charge in [0.15, 0.2) is 0 Å². The third-order valence-electron chi connectivity index (χ3n) is 4.08. The minimum Gasteiger partial charge on any atom is -0.394 e. The first kappa shape index (κ1) is 13.6. The van der Waals surface area contributed by atoms with Gasteiger partial charge in [-0.3, -0.25) is 0 Å². The Labute approximate surface area is 123 Å². The second-order valence-corrected chi connectivity index (χ2v) is 5.56. The first-order valence-corrected chi connectivity index (χ1v) is 7.17. The Kier molecular flexibility index (Phi) is 3.74. The Morgan fingerprint density at radius 1 is 1.25 bits per heavy atom. The van der Waals surface area contributed by atoms with E-state index in [9.17, 15) is 5.11 Å². The lowest BCUT2D eigenvalue weighted by molar-refractivity contribution is 0.159. The van der Waals surface area contributed by atoms with Crippen molar-refractivity contribution < 1.29 is 5.11 Å². The molecule has 0 spiro atoms. The quantitative estimate of drug-likeness (QED) is 0.850. The van der Waals surface area contributed by atoms with E-state index in [1.165, 1.54) is 11.1 Å². The van der Waals surface area contributed by atoms with Crippen LogP contribution in [0.3, 0.4) is 0 Å². The van der Waals surface area contributed by atoms with Crippen molar-refractivity contribution in [1.29, 1.82) is 0 Å². The molecule has 0 amide bonds. The van der Waals surface area contributed by atoms with Crippen molar-refractivity contribution in [3.8, 4) is 0 Å². The number of nitrogens with one attached hydrogen (secondary N) is 1. The molecule has 0 saturated heterocycles. The number of aryl methyl sites for hydroxylation is 1. The summed E-state index contributed by atoms with van der Waals surface area (Å²) in [4.78, 5) is 4.08. The average Bonchev–Trinajstić information content (AvgIpc) is 2.86. The Balaban J connectivity index is 1.84. The number of fused-ring (bicyclic) bond motifs is 1. The van der Waals surface area contributed by atoms with Crippen LogP contribution in [0.1, 0.15) is 23.1 Å². The van der Waals surface area contributed by atoms with Gasteiger partial charge in [0.05, 0.1) is 12.1 Å². The fraction of sp³-hybridized carbons (Fsp3) is 0.312. The van der Waals surface area contributed by atoms with E-state index in [0.29, 0.717) is 11.7 Å². The summed E-state index contributed by atoms with van der Waals surface area (Å²) >= 11 is 6.08. The highest BCUT2D eigenvalue weighted by Gasteiger charge is 2.37. The molecule has 1 aromatic heterocycles. The summed E-state index contributed by atoms with van der Waals surface area (Å²) in [6.07, 6.45) is 3.57. The molecule has 20 heavy (non-hydrogen) atoms. The molecule has 3 nitrogen and oxygen atoms in total. The molecule has 1 atom stereocenters. The van der Waals surface area contributed by atoms with E-state index in [0.717, 1.165) is 18.4 Å². The van der Waals surface area contributed by atoms with Crippen LogP contribution in [0, 0.1) is 0 Å². The Morgan fingerprint density at radius 3 is 2.90 bits per heavy atom. The maximum absolute atomic E-state index is 9.90. The van der Waals surface area contributed by atoms with Gasteiger partial charge in [0.1, 0.15) is 5.15 Å². The number of nitrogens with zero attached hydrogens (tertiary/aromatic N) is 1. The van der Waals surface area contributed by atoms with Crippen molar-refractivity contribution in [2.24, 2.45) is 0 Å². The third kappa shape index (κ3) is 2.33. The minimum absolute atomic E-state index is 0.0852. The van der Waals surface area contributed by atoms with Gasteiger partial charge in [-0.1, -0.05) is 41.9 Å². The van der Waals surface area contributed by atoms with E-state index in [1.54, 1.807) is 6.20 Å². The zero-order valence-electron chi connectivity index (χ0n) is 11.1. The number of pyridine rings is 1. The van der Waals surface area contributed by atoms with Crippen molar-refractivity contribution in [3.63, 3.8) is 0 Å². The maximum Gasteiger partial charge on any atom is 0.133 e. The van der Waals surface area contributed by atoms with Crippen LogP contribution < -0.4 is 5.32 Å². The number of aliphatic hydroxyl groups excluding tert-OH is 1. The molecule has 2 N–H and O–H groups in total. The van der Waals surface area contributed by atoms with Gasteiger partial charge in [0, 0.05) is 18.3 Å². The molecule has 1 aliphatic rings. The lowest BCUT2D eigenvalue weighted by atomic mass is 9.92. The number of benzene rings is 1. The number of aliphatic hydroxyl groups is 1. The zero-order valence-corrected chi connectivity index (χ0v) is 11.9. The molecule has 0 radical (unpaired) electrons. The number of rotatable bonds is 4. The fourth-order valence-corrected chi connectivity index (χ4v) is 3.09. The molecule has 1 aromatic carbocycles. The van der Waals surface area contributed by atoms with Crippen molar-refractivity contribution in [2.45, 2.75) is 24.9 Å². The van der Waals surface area contributed by atoms with Crippen molar-refractivity contribution in [3.05, 3.63) is 64.4 Å². The Hall–Kier alpha value is -1.42. The van der Waals surface area contributed by atoms with E-state index >= 15 is 0 Å². The molecule has 1 unspecified atom stereocenters. The first-order valence-electron chi connectivity index (χ1n) is 6.79. The molecule has 1 aliphatic carbocycles. The predicted octanol–water partition coefficient (Wildman–Crippen LogP) is 2.66. The summed E-state index contributed by atoms with van der Waals surface area (Å²) in [5, 5.41) is 13.9. The van der Waals surface area contributed by atoms with Crippen LogP contribution in [-0.4, -0.2) is 16.7 Å². The van der Waals surface area contributed by atoms with Crippen molar-refractivity contribution in [2.75, 3.05) is 6.61 Å². The maximum atomic E-state index is 9.90. The van der Waals surface area contributed by atoms with Crippen LogP contribution in [-0.2, 0) is 18.5 Å². The largest absolute Gasteiger partial charge is 0.394 e. The summed E-state index contributed by atoms with van der Waals surface area (Å²) in [6, 6.07) is 12.1. The first-order chi connectivity index (χ1) is 9.75. The van der Waals surface area contributed by atoms with Crippen LogP contribution in [0.4, 0.5) is 0 Å². The highest BCUT2D eigenvalue weighted by atomic mass is 35.5. The minimum atomic E-state index is -0.365. The molecule has 4 heteroatoms. The van der Waals surface area contributed by atoms with E-state index in [2.05, 4.69) is 22.4 Å². The molecule has 0 saturated carbocycles. The molecular formula is C16H17ClN2O. The monoisotopic (exact) mass is 288 g/mol. The number of halogens is 1. The van der Waals surface area contributed by atoms with Gasteiger partial charge < -0.3 is 10.4 Å². The fourth-order valence-electron chi connectivity index (χ4n) is 2.91.